The van der Waals surface area contributed by atoms with Crippen molar-refractivity contribution in [2.45, 2.75) is 85.0 Å². The second kappa shape index (κ2) is 14.1. The maximum Gasteiger partial charge on any atom is 4.00 e. The Morgan fingerprint density at radius 3 is 1.69 bits per heavy atom. The molecule has 0 atom stereocenters. The first-order valence-electron chi connectivity index (χ1n) is 11.7. The van der Waals surface area contributed by atoms with E-state index in [9.17, 15) is 0 Å². The van der Waals surface area contributed by atoms with Gasteiger partial charge in [0.05, 0.1) is 0 Å². The average molecular weight is 589 g/mol. The van der Waals surface area contributed by atoms with E-state index in [1.165, 1.54) is 38.9 Å². The van der Waals surface area contributed by atoms with Gasteiger partial charge < -0.3 is 24.8 Å². The zero-order valence-electron chi connectivity index (χ0n) is 23.1. The van der Waals surface area contributed by atoms with E-state index in [1.54, 1.807) is 0 Å². The molecule has 3 heteroatoms. The minimum atomic E-state index is 0. The van der Waals surface area contributed by atoms with Gasteiger partial charge in [0.15, 0.2) is 0 Å². The van der Waals surface area contributed by atoms with Crippen LogP contribution in [-0.4, -0.2) is 0 Å². The van der Waals surface area contributed by atoms with Gasteiger partial charge in [-0.15, -0.1) is 24.3 Å². The molecule has 0 amide bonds. The molecular formula is C32H42Cl2Zr. The Morgan fingerprint density at radius 2 is 1.26 bits per heavy atom. The molecule has 1 aliphatic rings. The molecule has 3 aromatic carbocycles. The van der Waals surface area contributed by atoms with E-state index in [-0.39, 0.29) is 61.8 Å². The van der Waals surface area contributed by atoms with E-state index in [0.29, 0.717) is 5.41 Å². The van der Waals surface area contributed by atoms with E-state index in [4.69, 9.17) is 0 Å². The Hall–Kier alpha value is -1.01. The van der Waals surface area contributed by atoms with Crippen LogP contribution in [0, 0.1) is 6.07 Å². The van der Waals surface area contributed by atoms with Crippen LogP contribution < -0.4 is 24.8 Å². The smallest absolute Gasteiger partial charge is 1.00 e. The third kappa shape index (κ3) is 9.42. The summed E-state index contributed by atoms with van der Waals surface area (Å²) >= 11 is 0. The van der Waals surface area contributed by atoms with Gasteiger partial charge in [-0.25, -0.2) is 12.1 Å². The first-order chi connectivity index (χ1) is 14.8. The number of hydrogen-bond acceptors (Lipinski definition) is 0. The first-order valence-corrected chi connectivity index (χ1v) is 11.7. The zero-order chi connectivity index (χ0) is 24.3. The third-order valence-electron chi connectivity index (χ3n) is 5.99. The van der Waals surface area contributed by atoms with E-state index >= 15 is 0 Å². The Labute approximate surface area is 247 Å². The zero-order valence-corrected chi connectivity index (χ0v) is 27.0. The fourth-order valence-electron chi connectivity index (χ4n) is 3.90. The van der Waals surface area contributed by atoms with Gasteiger partial charge in [-0.05, 0) is 28.4 Å². The summed E-state index contributed by atoms with van der Waals surface area (Å²) < 4.78 is 0. The summed E-state index contributed by atoms with van der Waals surface area (Å²) in [4.78, 5) is 0. The molecule has 35 heavy (non-hydrogen) atoms. The number of halogens is 2. The van der Waals surface area contributed by atoms with E-state index in [2.05, 4.69) is 136 Å². The fraction of sp³-hybridized carbons (Fsp3) is 0.406. The molecule has 1 aliphatic carbocycles. The quantitative estimate of drug-likeness (QED) is 0.219. The van der Waals surface area contributed by atoms with Crippen molar-refractivity contribution in [3.05, 3.63) is 102 Å². The Bertz CT molecular complexity index is 965. The van der Waals surface area contributed by atoms with Crippen molar-refractivity contribution < 1.29 is 51.0 Å². The van der Waals surface area contributed by atoms with E-state index in [0.717, 1.165) is 6.42 Å². The SMILES string of the molecule is C=C.CC(C)(C)[c-]1cccc1.CC(C)(C)c1[c-]c2c(cc1)-c1ccc(C(C)(C)C)cc1C2.[Cl-].[Cl-].[Zr+4]. The topological polar surface area (TPSA) is 0 Å². The van der Waals surface area contributed by atoms with Crippen LogP contribution in [0.4, 0.5) is 0 Å². The molecule has 0 aromatic heterocycles. The first kappa shape index (κ1) is 36.2. The number of hydrogen-bond donors (Lipinski definition) is 0. The van der Waals surface area contributed by atoms with Gasteiger partial charge in [-0.1, -0.05) is 91.5 Å². The van der Waals surface area contributed by atoms with E-state index in [1.807, 2.05) is 0 Å². The number of benzene rings is 2. The molecule has 0 spiro atoms. The predicted molar refractivity (Wildman–Crippen MR) is 143 cm³/mol. The molecule has 188 valence electrons. The molecule has 0 heterocycles. The summed E-state index contributed by atoms with van der Waals surface area (Å²) in [6.45, 7) is 26.3. The average Bonchev–Trinajstić information content (AvgIpc) is 3.35. The molecule has 3 aromatic rings. The van der Waals surface area contributed by atoms with E-state index < -0.39 is 0 Å². The van der Waals surface area contributed by atoms with Crippen molar-refractivity contribution in [3.63, 3.8) is 0 Å². The van der Waals surface area contributed by atoms with Gasteiger partial charge in [0.2, 0.25) is 0 Å². The van der Waals surface area contributed by atoms with Gasteiger partial charge in [-0.2, -0.15) is 41.5 Å². The maximum absolute atomic E-state index is 3.67. The molecule has 0 radical (unpaired) electrons. The van der Waals surface area contributed by atoms with Crippen LogP contribution in [0.2, 0.25) is 0 Å². The molecule has 0 unspecified atom stereocenters. The number of fused-ring (bicyclic) bond motifs is 3. The summed E-state index contributed by atoms with van der Waals surface area (Å²) in [5, 5.41) is 0. The van der Waals surface area contributed by atoms with Crippen molar-refractivity contribution >= 4 is 0 Å². The summed E-state index contributed by atoms with van der Waals surface area (Å²) in [6, 6.07) is 23.7. The molecule has 0 bridgehead atoms. The summed E-state index contributed by atoms with van der Waals surface area (Å²) in [6.07, 6.45) is 1.03. The van der Waals surface area contributed by atoms with Crippen molar-refractivity contribution in [1.82, 2.24) is 0 Å². The predicted octanol–water partition coefficient (Wildman–Crippen LogP) is 3.16. The van der Waals surface area contributed by atoms with Gasteiger partial charge in [0.25, 0.3) is 0 Å². The van der Waals surface area contributed by atoms with Gasteiger partial charge in [0.1, 0.15) is 0 Å². The van der Waals surface area contributed by atoms with Crippen LogP contribution in [-0.2, 0) is 48.9 Å². The maximum atomic E-state index is 3.67. The van der Waals surface area contributed by atoms with Crippen LogP contribution in [0.3, 0.4) is 0 Å². The van der Waals surface area contributed by atoms with Crippen molar-refractivity contribution in [2.75, 3.05) is 0 Å². The van der Waals surface area contributed by atoms with Gasteiger partial charge in [-0.3, -0.25) is 0 Å². The molecule has 0 saturated carbocycles. The molecule has 0 fully saturated rings. The Morgan fingerprint density at radius 1 is 0.743 bits per heavy atom. The molecule has 0 aliphatic heterocycles. The van der Waals surface area contributed by atoms with Crippen LogP contribution in [0.1, 0.15) is 90.1 Å². The molecular weight excluding hydrogens is 546 g/mol. The second-order valence-electron chi connectivity index (χ2n) is 11.7. The van der Waals surface area contributed by atoms with Crippen LogP contribution in [0.15, 0.2) is 67.8 Å². The standard InChI is InChI=1S/C21H25.C9H13.C2H4.2ClH.Zr/c1-20(2,3)16-7-9-18-14(12-16)11-15-13-17(21(4,5)6)8-10-19(15)18;1-9(2,3)8-6-4-5-7-8;1-2;;;/h7-10,12H,11H2,1-6H3;4-7H,1-3H3;1-2H2;2*1H;/q2*-1;;;;+4/p-2. The van der Waals surface area contributed by atoms with Crippen molar-refractivity contribution in [3.8, 4) is 11.1 Å². The van der Waals surface area contributed by atoms with Gasteiger partial charge >= 0.3 is 26.2 Å². The minimum Gasteiger partial charge on any atom is -1.00 e. The fourth-order valence-corrected chi connectivity index (χ4v) is 3.90. The number of rotatable bonds is 0. The van der Waals surface area contributed by atoms with Crippen LogP contribution in [0.25, 0.3) is 11.1 Å². The largest absolute Gasteiger partial charge is 4.00 e. The van der Waals surface area contributed by atoms with Crippen molar-refractivity contribution in [1.29, 1.82) is 0 Å². The summed E-state index contributed by atoms with van der Waals surface area (Å²) in [5.41, 5.74) is 10.4. The molecule has 4 rings (SSSR count). The second-order valence-corrected chi connectivity index (χ2v) is 11.7. The molecule has 0 nitrogen and oxygen atoms in total. The van der Waals surface area contributed by atoms with Crippen LogP contribution >= 0.6 is 0 Å². The Balaban J connectivity index is 0. The molecule has 0 N–H and O–H groups in total. The molecule has 0 saturated heterocycles. The third-order valence-corrected chi connectivity index (χ3v) is 5.99. The van der Waals surface area contributed by atoms with Gasteiger partial charge in [0, 0.05) is 0 Å². The normalized spacial score (nSPS) is 11.6. The van der Waals surface area contributed by atoms with Crippen molar-refractivity contribution in [2.24, 2.45) is 0 Å². The summed E-state index contributed by atoms with van der Waals surface area (Å²) in [7, 11) is 0. The Kier molecular flexibility index (Phi) is 14.5. The van der Waals surface area contributed by atoms with Crippen LogP contribution in [0.5, 0.6) is 0 Å². The monoisotopic (exact) mass is 586 g/mol. The summed E-state index contributed by atoms with van der Waals surface area (Å²) in [5.74, 6) is 0. The minimum absolute atomic E-state index is 0.